The van der Waals surface area contributed by atoms with Crippen molar-refractivity contribution in [3.05, 3.63) is 70.1 Å². The highest BCUT2D eigenvalue weighted by molar-refractivity contribution is 7.89. The maximum Gasteiger partial charge on any atom is 0.336 e. The van der Waals surface area contributed by atoms with Crippen molar-refractivity contribution in [1.29, 1.82) is 0 Å². The van der Waals surface area contributed by atoms with Crippen molar-refractivity contribution in [3.63, 3.8) is 0 Å². The van der Waals surface area contributed by atoms with E-state index in [2.05, 4.69) is 4.72 Å². The summed E-state index contributed by atoms with van der Waals surface area (Å²) in [6, 6.07) is 11.5. The van der Waals surface area contributed by atoms with Crippen LogP contribution in [0.25, 0.3) is 11.0 Å². The topological polar surface area (TPSA) is 103 Å². The van der Waals surface area contributed by atoms with Crippen LogP contribution < -0.4 is 15.1 Å². The van der Waals surface area contributed by atoms with E-state index in [1.807, 2.05) is 13.8 Å². The molecule has 32 heavy (non-hydrogen) atoms. The van der Waals surface area contributed by atoms with E-state index in [9.17, 15) is 18.0 Å². The van der Waals surface area contributed by atoms with Gasteiger partial charge in [0.25, 0.3) is 0 Å². The lowest BCUT2D eigenvalue weighted by atomic mass is 10.1. The number of nitrogens with one attached hydrogen (secondary N) is 1. The molecule has 0 aliphatic carbocycles. The van der Waals surface area contributed by atoms with Gasteiger partial charge in [0.1, 0.15) is 17.4 Å². The maximum absolute atomic E-state index is 12.8. The largest absolute Gasteiger partial charge is 0.425 e. The molecular formula is C24H27NO6S. The van der Waals surface area contributed by atoms with E-state index in [1.54, 1.807) is 38.1 Å². The van der Waals surface area contributed by atoms with Gasteiger partial charge in [-0.2, -0.15) is 4.72 Å². The minimum atomic E-state index is -3.92. The highest BCUT2D eigenvalue weighted by Crippen LogP contribution is 2.24. The first-order valence-electron chi connectivity index (χ1n) is 10.5. The molecule has 8 heteroatoms. The summed E-state index contributed by atoms with van der Waals surface area (Å²) in [6.45, 7) is 7.31. The Morgan fingerprint density at radius 1 is 1.09 bits per heavy atom. The number of carbonyl (C=O) groups excluding carboxylic acids is 1. The summed E-state index contributed by atoms with van der Waals surface area (Å²) in [5, 5.41) is 0.770. The van der Waals surface area contributed by atoms with Crippen LogP contribution in [0.4, 0.5) is 0 Å². The number of hydrogen-bond acceptors (Lipinski definition) is 6. The fourth-order valence-electron chi connectivity index (χ4n) is 3.34. The predicted octanol–water partition coefficient (Wildman–Crippen LogP) is 3.96. The Labute approximate surface area is 187 Å². The first-order chi connectivity index (χ1) is 15.1. The number of ether oxygens (including phenoxy) is 1. The lowest BCUT2D eigenvalue weighted by molar-refractivity contribution is -0.137. The second-order valence-electron chi connectivity index (χ2n) is 8.08. The molecule has 0 saturated heterocycles. The van der Waals surface area contributed by atoms with Gasteiger partial charge in [-0.05, 0) is 49.1 Å². The van der Waals surface area contributed by atoms with Crippen molar-refractivity contribution in [2.24, 2.45) is 5.92 Å². The van der Waals surface area contributed by atoms with Crippen molar-refractivity contribution in [2.45, 2.75) is 51.5 Å². The Morgan fingerprint density at radius 2 is 1.78 bits per heavy atom. The van der Waals surface area contributed by atoms with Crippen LogP contribution in [0.1, 0.15) is 38.3 Å². The predicted molar refractivity (Wildman–Crippen MR) is 122 cm³/mol. The van der Waals surface area contributed by atoms with Crippen LogP contribution in [0.5, 0.6) is 5.75 Å². The molecule has 1 aromatic heterocycles. The summed E-state index contributed by atoms with van der Waals surface area (Å²) in [7, 11) is -3.92. The minimum Gasteiger partial charge on any atom is -0.425 e. The van der Waals surface area contributed by atoms with Gasteiger partial charge in [0.15, 0.2) is 0 Å². The standard InChI is InChI=1S/C24H27NO6S/c1-5-6-17-13-22(26)31-21-14-18(9-12-20(17)21)30-24(27)23(15(2)3)25-32(28,29)19-10-7-16(4)8-11-19/h7-15,23,25H,5-6H2,1-4H3. The van der Waals surface area contributed by atoms with Crippen LogP contribution in [0.15, 0.2) is 62.6 Å². The van der Waals surface area contributed by atoms with Crippen molar-refractivity contribution < 1.29 is 22.4 Å². The van der Waals surface area contributed by atoms with Gasteiger partial charge in [0.05, 0.1) is 4.90 Å². The van der Waals surface area contributed by atoms with E-state index in [4.69, 9.17) is 9.15 Å². The number of rotatable bonds is 8. The van der Waals surface area contributed by atoms with Gasteiger partial charge in [-0.3, -0.25) is 0 Å². The highest BCUT2D eigenvalue weighted by atomic mass is 32.2. The molecule has 1 heterocycles. The van der Waals surface area contributed by atoms with Gasteiger partial charge < -0.3 is 9.15 Å². The van der Waals surface area contributed by atoms with Gasteiger partial charge >= 0.3 is 11.6 Å². The van der Waals surface area contributed by atoms with Crippen LogP contribution in [0, 0.1) is 12.8 Å². The smallest absolute Gasteiger partial charge is 0.336 e. The zero-order chi connectivity index (χ0) is 23.5. The Hall–Kier alpha value is -2.97. The molecule has 3 aromatic rings. The molecule has 0 aliphatic rings. The quantitative estimate of drug-likeness (QED) is 0.312. The van der Waals surface area contributed by atoms with Crippen molar-refractivity contribution >= 4 is 27.0 Å². The molecule has 170 valence electrons. The molecule has 1 N–H and O–H groups in total. The molecule has 0 aliphatic heterocycles. The van der Waals surface area contributed by atoms with Gasteiger partial charge in [0, 0.05) is 17.5 Å². The minimum absolute atomic E-state index is 0.0671. The first-order valence-corrected chi connectivity index (χ1v) is 12.0. The second kappa shape index (κ2) is 9.67. The zero-order valence-electron chi connectivity index (χ0n) is 18.5. The summed E-state index contributed by atoms with van der Waals surface area (Å²) in [6.07, 6.45) is 1.59. The van der Waals surface area contributed by atoms with E-state index >= 15 is 0 Å². The molecule has 0 radical (unpaired) electrons. The van der Waals surface area contributed by atoms with Gasteiger partial charge in [-0.1, -0.05) is 44.9 Å². The number of fused-ring (bicyclic) bond motifs is 1. The number of benzene rings is 2. The van der Waals surface area contributed by atoms with Gasteiger partial charge in [0.2, 0.25) is 10.0 Å². The molecule has 0 saturated carbocycles. The monoisotopic (exact) mass is 457 g/mol. The number of esters is 1. The lowest BCUT2D eigenvalue weighted by Gasteiger charge is -2.21. The SMILES string of the molecule is CCCc1cc(=O)oc2cc(OC(=O)C(NS(=O)(=O)c3ccc(C)cc3)C(C)C)ccc12. The Balaban J connectivity index is 1.85. The number of carbonyl (C=O) groups is 1. The Bertz CT molecular complexity index is 1280. The fourth-order valence-corrected chi connectivity index (χ4v) is 4.67. The zero-order valence-corrected chi connectivity index (χ0v) is 19.4. The number of aryl methyl sites for hydroxylation is 2. The molecular weight excluding hydrogens is 430 g/mol. The number of sulfonamides is 1. The third-order valence-corrected chi connectivity index (χ3v) is 6.53. The summed E-state index contributed by atoms with van der Waals surface area (Å²) in [5.74, 6) is -0.946. The first kappa shape index (κ1) is 23.7. The third-order valence-electron chi connectivity index (χ3n) is 5.07. The van der Waals surface area contributed by atoms with Crippen molar-refractivity contribution in [2.75, 3.05) is 0 Å². The van der Waals surface area contributed by atoms with Crippen molar-refractivity contribution in [3.8, 4) is 5.75 Å². The van der Waals surface area contributed by atoms with Crippen molar-refractivity contribution in [1.82, 2.24) is 4.72 Å². The highest BCUT2D eigenvalue weighted by Gasteiger charge is 2.30. The summed E-state index contributed by atoms with van der Waals surface area (Å²) >= 11 is 0. The van der Waals surface area contributed by atoms with E-state index in [0.717, 1.165) is 29.4 Å². The van der Waals surface area contributed by atoms with Crippen LogP contribution in [-0.2, 0) is 21.2 Å². The maximum atomic E-state index is 12.8. The molecule has 3 rings (SSSR count). The molecule has 1 atom stereocenters. The van der Waals surface area contributed by atoms with Crippen LogP contribution in [0.2, 0.25) is 0 Å². The van der Waals surface area contributed by atoms with Crippen LogP contribution in [-0.4, -0.2) is 20.4 Å². The summed E-state index contributed by atoms with van der Waals surface area (Å²) in [4.78, 5) is 24.8. The van der Waals surface area contributed by atoms with Crippen LogP contribution in [0.3, 0.4) is 0 Å². The van der Waals surface area contributed by atoms with E-state index in [1.165, 1.54) is 24.3 Å². The average molecular weight is 458 g/mol. The van der Waals surface area contributed by atoms with Crippen LogP contribution >= 0.6 is 0 Å². The normalized spacial score (nSPS) is 12.8. The third kappa shape index (κ3) is 5.44. The van der Waals surface area contributed by atoms with E-state index in [-0.39, 0.29) is 16.6 Å². The second-order valence-corrected chi connectivity index (χ2v) is 9.79. The summed E-state index contributed by atoms with van der Waals surface area (Å²) in [5.41, 5.74) is 1.62. The van der Waals surface area contributed by atoms with Gasteiger partial charge in [-0.15, -0.1) is 0 Å². The van der Waals surface area contributed by atoms with Gasteiger partial charge in [-0.25, -0.2) is 18.0 Å². The molecule has 7 nitrogen and oxygen atoms in total. The summed E-state index contributed by atoms with van der Waals surface area (Å²) < 4.78 is 38.7. The Kier molecular flexibility index (Phi) is 7.16. The lowest BCUT2D eigenvalue weighted by Crippen LogP contribution is -2.46. The molecule has 1 unspecified atom stereocenters. The Morgan fingerprint density at radius 3 is 2.41 bits per heavy atom. The van der Waals surface area contributed by atoms with E-state index in [0.29, 0.717) is 5.58 Å². The van der Waals surface area contributed by atoms with E-state index < -0.39 is 27.7 Å². The molecule has 2 aromatic carbocycles. The fraction of sp³-hybridized carbons (Fsp3) is 0.333. The molecule has 0 bridgehead atoms. The average Bonchev–Trinajstić information content (AvgIpc) is 2.72. The molecule has 0 spiro atoms. The molecule has 0 amide bonds. The number of hydrogen-bond donors (Lipinski definition) is 1. The molecule has 0 fully saturated rings.